The van der Waals surface area contributed by atoms with Gasteiger partial charge < -0.3 is 5.32 Å². The van der Waals surface area contributed by atoms with Crippen molar-refractivity contribution in [3.8, 4) is 0 Å². The zero-order valence-corrected chi connectivity index (χ0v) is 11.3. The van der Waals surface area contributed by atoms with Crippen molar-refractivity contribution < 1.29 is 4.79 Å². The van der Waals surface area contributed by atoms with Gasteiger partial charge in [0.15, 0.2) is 0 Å². The second-order valence-corrected chi connectivity index (χ2v) is 4.74. The van der Waals surface area contributed by atoms with Gasteiger partial charge in [-0.1, -0.05) is 60.1 Å². The summed E-state index contributed by atoms with van der Waals surface area (Å²) in [6, 6.07) is 16.9. The summed E-state index contributed by atoms with van der Waals surface area (Å²) in [5.41, 5.74) is 2.01. The quantitative estimate of drug-likeness (QED) is 0.844. The lowest BCUT2D eigenvalue weighted by atomic mass is 10.2. The van der Waals surface area contributed by atoms with E-state index >= 15 is 0 Å². The van der Waals surface area contributed by atoms with Crippen LogP contribution in [-0.4, -0.2) is 11.7 Å². The third kappa shape index (κ3) is 2.49. The highest BCUT2D eigenvalue weighted by Crippen LogP contribution is 2.20. The summed E-state index contributed by atoms with van der Waals surface area (Å²) in [6.07, 6.45) is 1.69. The van der Waals surface area contributed by atoms with E-state index in [1.807, 2.05) is 48.5 Å². The van der Waals surface area contributed by atoms with Crippen LogP contribution in [0, 0.1) is 0 Å². The second-order valence-electron chi connectivity index (χ2n) is 4.33. The largest absolute Gasteiger partial charge is 0.305 e. The molecule has 4 heteroatoms. The Balaban J connectivity index is 1.97. The number of benzene rings is 2. The molecule has 0 aromatic heterocycles. The highest BCUT2D eigenvalue weighted by atomic mass is 35.5. The van der Waals surface area contributed by atoms with Gasteiger partial charge in [-0.25, -0.2) is 4.99 Å². The molecule has 2 aromatic rings. The zero-order chi connectivity index (χ0) is 13.9. The molecule has 0 unspecified atom stereocenters. The number of carbonyl (C=O) groups is 1. The molecule has 1 aliphatic rings. The number of rotatable bonds is 2. The molecule has 0 aliphatic carbocycles. The summed E-state index contributed by atoms with van der Waals surface area (Å²) in [7, 11) is 0. The summed E-state index contributed by atoms with van der Waals surface area (Å²) < 4.78 is 0. The monoisotopic (exact) mass is 282 g/mol. The average Bonchev–Trinajstić information content (AvgIpc) is 2.84. The smallest absolute Gasteiger partial charge is 0.275 e. The van der Waals surface area contributed by atoms with Crippen molar-refractivity contribution in [2.24, 2.45) is 4.99 Å². The summed E-state index contributed by atoms with van der Waals surface area (Å²) in [6.45, 7) is 0. The molecular formula is C16H11ClN2O. The third-order valence-corrected chi connectivity index (χ3v) is 3.29. The number of amidine groups is 1. The molecule has 20 heavy (non-hydrogen) atoms. The van der Waals surface area contributed by atoms with E-state index in [1.165, 1.54) is 0 Å². The first kappa shape index (κ1) is 12.6. The normalized spacial score (nSPS) is 16.1. The lowest BCUT2D eigenvalue weighted by Crippen LogP contribution is -2.24. The lowest BCUT2D eigenvalue weighted by molar-refractivity contribution is -0.115. The number of amides is 1. The molecule has 1 amide bonds. The van der Waals surface area contributed by atoms with Gasteiger partial charge in [-0.15, -0.1) is 0 Å². The molecule has 1 aliphatic heterocycles. The average molecular weight is 283 g/mol. The Morgan fingerprint density at radius 3 is 2.45 bits per heavy atom. The van der Waals surface area contributed by atoms with Gasteiger partial charge >= 0.3 is 0 Å². The van der Waals surface area contributed by atoms with E-state index in [-0.39, 0.29) is 5.91 Å². The fourth-order valence-electron chi connectivity index (χ4n) is 1.94. The molecule has 0 radical (unpaired) electrons. The molecule has 98 valence electrons. The summed E-state index contributed by atoms with van der Waals surface area (Å²) in [5.74, 6) is 0.345. The molecular weight excluding hydrogens is 272 g/mol. The van der Waals surface area contributed by atoms with Crippen LogP contribution in [0.15, 0.2) is 65.3 Å². The van der Waals surface area contributed by atoms with Crippen LogP contribution in [0.3, 0.4) is 0 Å². The van der Waals surface area contributed by atoms with Gasteiger partial charge in [-0.05, 0) is 17.7 Å². The van der Waals surface area contributed by atoms with Crippen molar-refractivity contribution in [2.75, 3.05) is 0 Å². The molecule has 0 fully saturated rings. The number of hydrogen-bond acceptors (Lipinski definition) is 2. The van der Waals surface area contributed by atoms with E-state index < -0.39 is 0 Å². The topological polar surface area (TPSA) is 41.5 Å². The Hall–Kier alpha value is -2.39. The van der Waals surface area contributed by atoms with Crippen LogP contribution in [0.25, 0.3) is 6.08 Å². The maximum atomic E-state index is 11.9. The van der Waals surface area contributed by atoms with E-state index in [1.54, 1.807) is 12.1 Å². The van der Waals surface area contributed by atoms with Crippen LogP contribution in [0.2, 0.25) is 5.02 Å². The number of nitrogens with one attached hydrogen (secondary N) is 1. The second kappa shape index (κ2) is 5.31. The predicted molar refractivity (Wildman–Crippen MR) is 80.6 cm³/mol. The molecule has 0 saturated carbocycles. The van der Waals surface area contributed by atoms with Crippen LogP contribution in [0.1, 0.15) is 11.1 Å². The number of carbonyl (C=O) groups excluding carboxylic acids is 1. The van der Waals surface area contributed by atoms with Crippen LogP contribution in [0.5, 0.6) is 0 Å². The fourth-order valence-corrected chi connectivity index (χ4v) is 2.13. The van der Waals surface area contributed by atoms with E-state index in [0.717, 1.165) is 11.1 Å². The van der Waals surface area contributed by atoms with E-state index in [9.17, 15) is 4.79 Å². The Labute approximate surface area is 121 Å². The number of aliphatic imine (C=N–C) groups is 1. The van der Waals surface area contributed by atoms with Crippen molar-refractivity contribution in [2.45, 2.75) is 0 Å². The zero-order valence-electron chi connectivity index (χ0n) is 10.5. The minimum Gasteiger partial charge on any atom is -0.305 e. The van der Waals surface area contributed by atoms with E-state index in [4.69, 9.17) is 11.6 Å². The SMILES string of the molecule is O=C1NC(c2ccccc2)=N/C1=C/c1ccccc1Cl. The Morgan fingerprint density at radius 2 is 1.70 bits per heavy atom. The molecule has 0 bridgehead atoms. The van der Waals surface area contributed by atoms with Crippen LogP contribution in [0.4, 0.5) is 0 Å². The molecule has 0 spiro atoms. The van der Waals surface area contributed by atoms with Crippen molar-refractivity contribution in [1.82, 2.24) is 5.32 Å². The number of halogens is 1. The highest BCUT2D eigenvalue weighted by Gasteiger charge is 2.20. The molecule has 1 heterocycles. The van der Waals surface area contributed by atoms with Gasteiger partial charge in [0.2, 0.25) is 0 Å². The van der Waals surface area contributed by atoms with Gasteiger partial charge in [-0.2, -0.15) is 0 Å². The number of hydrogen-bond donors (Lipinski definition) is 1. The van der Waals surface area contributed by atoms with Crippen LogP contribution < -0.4 is 5.32 Å². The molecule has 0 saturated heterocycles. The molecule has 2 aromatic carbocycles. The standard InChI is InChI=1S/C16H11ClN2O/c17-13-9-5-4-8-12(13)10-14-16(20)19-15(18-14)11-6-2-1-3-7-11/h1-10H,(H,18,19,20)/b14-10+. The van der Waals surface area contributed by atoms with E-state index in [0.29, 0.717) is 16.6 Å². The first-order chi connectivity index (χ1) is 9.74. The van der Waals surface area contributed by atoms with Crippen molar-refractivity contribution in [3.63, 3.8) is 0 Å². The molecule has 0 atom stereocenters. The van der Waals surface area contributed by atoms with Crippen LogP contribution >= 0.6 is 11.6 Å². The van der Waals surface area contributed by atoms with Crippen molar-refractivity contribution in [3.05, 3.63) is 76.4 Å². The van der Waals surface area contributed by atoms with Crippen molar-refractivity contribution >= 4 is 29.4 Å². The minimum atomic E-state index is -0.219. The fraction of sp³-hybridized carbons (Fsp3) is 0. The Kier molecular flexibility index (Phi) is 3.35. The predicted octanol–water partition coefficient (Wildman–Crippen LogP) is 3.26. The Morgan fingerprint density at radius 1 is 1.00 bits per heavy atom. The minimum absolute atomic E-state index is 0.219. The number of nitrogens with zero attached hydrogens (tertiary/aromatic N) is 1. The summed E-state index contributed by atoms with van der Waals surface area (Å²) in [5, 5.41) is 3.35. The van der Waals surface area contributed by atoms with Gasteiger partial charge in [0.05, 0.1) is 0 Å². The van der Waals surface area contributed by atoms with Crippen molar-refractivity contribution in [1.29, 1.82) is 0 Å². The third-order valence-electron chi connectivity index (χ3n) is 2.94. The first-order valence-corrected chi connectivity index (χ1v) is 6.53. The lowest BCUT2D eigenvalue weighted by Gasteiger charge is -1.98. The van der Waals surface area contributed by atoms with Gasteiger partial charge in [0.1, 0.15) is 11.5 Å². The summed E-state index contributed by atoms with van der Waals surface area (Å²) >= 11 is 6.08. The van der Waals surface area contributed by atoms with Gasteiger partial charge in [0.25, 0.3) is 5.91 Å². The maximum Gasteiger partial charge on any atom is 0.275 e. The van der Waals surface area contributed by atoms with Gasteiger partial charge in [0, 0.05) is 10.6 Å². The first-order valence-electron chi connectivity index (χ1n) is 6.16. The molecule has 1 N–H and O–H groups in total. The van der Waals surface area contributed by atoms with E-state index in [2.05, 4.69) is 10.3 Å². The van der Waals surface area contributed by atoms with Gasteiger partial charge in [-0.3, -0.25) is 4.79 Å². The van der Waals surface area contributed by atoms with Crippen LogP contribution in [-0.2, 0) is 4.79 Å². The molecule has 3 rings (SSSR count). The molecule has 3 nitrogen and oxygen atoms in total. The summed E-state index contributed by atoms with van der Waals surface area (Å²) in [4.78, 5) is 16.3. The highest BCUT2D eigenvalue weighted by molar-refractivity contribution is 6.32. The Bertz CT molecular complexity index is 720. The maximum absolute atomic E-state index is 11.9.